The Morgan fingerprint density at radius 3 is 2.60 bits per heavy atom. The third-order valence-corrected chi connectivity index (χ3v) is 3.94. The van der Waals surface area contributed by atoms with E-state index in [2.05, 4.69) is 14.9 Å². The average molecular weight is 316 g/mol. The number of carbonyl (C=O) groups is 1. The van der Waals surface area contributed by atoms with Gasteiger partial charge in [-0.15, -0.1) is 10.2 Å². The van der Waals surface area contributed by atoms with Crippen molar-refractivity contribution in [2.75, 3.05) is 4.72 Å². The van der Waals surface area contributed by atoms with Crippen molar-refractivity contribution in [2.24, 2.45) is 12.8 Å². The molecule has 0 spiro atoms. The molecule has 10 heteroatoms. The Labute approximate surface area is 119 Å². The molecule has 2 aromatic rings. The smallest absolute Gasteiger partial charge is 0.265 e. The van der Waals surface area contributed by atoms with Gasteiger partial charge < -0.3 is 10.3 Å². The van der Waals surface area contributed by atoms with Crippen molar-refractivity contribution in [3.8, 4) is 0 Å². The Kier molecular flexibility index (Phi) is 3.64. The van der Waals surface area contributed by atoms with Gasteiger partial charge in [-0.25, -0.2) is 8.42 Å². The Balaban J connectivity index is 2.33. The number of primary amides is 1. The van der Waals surface area contributed by atoms with E-state index in [1.165, 1.54) is 36.0 Å². The number of aryl methyl sites for hydroxylation is 1. The lowest BCUT2D eigenvalue weighted by atomic mass is 10.4. The minimum atomic E-state index is -3.89. The van der Waals surface area contributed by atoms with Crippen molar-refractivity contribution < 1.29 is 13.2 Å². The molecule has 0 fully saturated rings. The molecule has 3 N–H and O–H groups in total. The molecule has 0 saturated heterocycles. The summed E-state index contributed by atoms with van der Waals surface area (Å²) >= 11 is 5.55. The number of carbonyl (C=O) groups excluding carboxylic acids is 1. The summed E-state index contributed by atoms with van der Waals surface area (Å²) in [6, 6.07) is 3.94. The van der Waals surface area contributed by atoms with E-state index in [-0.39, 0.29) is 21.6 Å². The van der Waals surface area contributed by atoms with E-state index < -0.39 is 15.9 Å². The van der Waals surface area contributed by atoms with Gasteiger partial charge >= 0.3 is 0 Å². The van der Waals surface area contributed by atoms with Gasteiger partial charge in [0.15, 0.2) is 11.0 Å². The molecule has 0 radical (unpaired) electrons. The summed E-state index contributed by atoms with van der Waals surface area (Å²) in [5.74, 6) is -0.709. The number of nitrogens with one attached hydrogen (secondary N) is 1. The lowest BCUT2D eigenvalue weighted by Gasteiger charge is -2.04. The molecule has 8 nitrogen and oxygen atoms in total. The van der Waals surface area contributed by atoms with Crippen molar-refractivity contribution in [1.29, 1.82) is 0 Å². The maximum Gasteiger partial charge on any atom is 0.265 e. The third-order valence-electron chi connectivity index (χ3n) is 2.41. The Morgan fingerprint density at radius 1 is 1.40 bits per heavy atom. The van der Waals surface area contributed by atoms with Crippen LogP contribution in [-0.2, 0) is 17.1 Å². The number of nitrogens with zero attached hydrogens (tertiary/aromatic N) is 3. The lowest BCUT2D eigenvalue weighted by Crippen LogP contribution is -2.15. The highest BCUT2D eigenvalue weighted by atomic mass is 35.5. The van der Waals surface area contributed by atoms with E-state index >= 15 is 0 Å². The second-order valence-electron chi connectivity index (χ2n) is 3.88. The first-order chi connectivity index (χ1) is 9.29. The molecule has 2 heterocycles. The highest BCUT2D eigenvalue weighted by Gasteiger charge is 2.20. The zero-order valence-corrected chi connectivity index (χ0v) is 11.8. The monoisotopic (exact) mass is 315 g/mol. The summed E-state index contributed by atoms with van der Waals surface area (Å²) in [4.78, 5) is 11.0. The number of anilines is 1. The van der Waals surface area contributed by atoms with Crippen LogP contribution in [0.2, 0.25) is 5.15 Å². The highest BCUT2D eigenvalue weighted by Crippen LogP contribution is 2.17. The Hall–Kier alpha value is -2.13. The fraction of sp³-hybridized carbons (Fsp3) is 0.100. The standard InChI is InChI=1S/C10H10ClN5O3S/c1-16-5-6(4-7(16)10(12)17)20(18,19)15-9-3-2-8(11)13-14-9/h2-5H,1H3,(H2,12,17)(H,14,15). The first-order valence-corrected chi connectivity index (χ1v) is 7.14. The van der Waals surface area contributed by atoms with Crippen LogP contribution in [0.5, 0.6) is 0 Å². The fourth-order valence-electron chi connectivity index (χ4n) is 1.49. The van der Waals surface area contributed by atoms with Crippen LogP contribution in [0.25, 0.3) is 0 Å². The number of rotatable bonds is 4. The molecule has 20 heavy (non-hydrogen) atoms. The van der Waals surface area contributed by atoms with E-state index in [4.69, 9.17) is 17.3 Å². The number of amides is 1. The van der Waals surface area contributed by atoms with Crippen LogP contribution in [0.4, 0.5) is 5.82 Å². The normalized spacial score (nSPS) is 11.3. The first kappa shape index (κ1) is 14.3. The van der Waals surface area contributed by atoms with Crippen molar-refractivity contribution in [3.63, 3.8) is 0 Å². The van der Waals surface area contributed by atoms with Crippen LogP contribution in [0.3, 0.4) is 0 Å². The average Bonchev–Trinajstić information content (AvgIpc) is 2.75. The Morgan fingerprint density at radius 2 is 2.10 bits per heavy atom. The highest BCUT2D eigenvalue weighted by molar-refractivity contribution is 7.92. The SMILES string of the molecule is Cn1cc(S(=O)(=O)Nc2ccc(Cl)nn2)cc1C(N)=O. The van der Waals surface area contributed by atoms with Gasteiger partial charge in [-0.1, -0.05) is 11.6 Å². The van der Waals surface area contributed by atoms with Gasteiger partial charge in [0.05, 0.1) is 0 Å². The van der Waals surface area contributed by atoms with E-state index in [0.29, 0.717) is 0 Å². The van der Waals surface area contributed by atoms with E-state index in [1.807, 2.05) is 0 Å². The number of hydrogen-bond donors (Lipinski definition) is 2. The second kappa shape index (κ2) is 5.10. The van der Waals surface area contributed by atoms with Crippen LogP contribution < -0.4 is 10.5 Å². The first-order valence-electron chi connectivity index (χ1n) is 5.28. The maximum absolute atomic E-state index is 12.1. The van der Waals surface area contributed by atoms with Crippen LogP contribution in [0.1, 0.15) is 10.5 Å². The van der Waals surface area contributed by atoms with Gasteiger partial charge in [-0.3, -0.25) is 9.52 Å². The number of nitrogens with two attached hydrogens (primary N) is 1. The summed E-state index contributed by atoms with van der Waals surface area (Å²) in [6.45, 7) is 0. The molecule has 0 aromatic carbocycles. The fourth-order valence-corrected chi connectivity index (χ4v) is 2.66. The molecule has 0 unspecified atom stereocenters. The molecule has 0 atom stereocenters. The van der Waals surface area contributed by atoms with Gasteiger partial charge in [0.2, 0.25) is 0 Å². The number of hydrogen-bond acceptors (Lipinski definition) is 5. The molecule has 0 aliphatic heterocycles. The van der Waals surface area contributed by atoms with Crippen molar-refractivity contribution in [2.45, 2.75) is 4.90 Å². The molecule has 1 amide bonds. The molecule has 2 aromatic heterocycles. The molecule has 0 bridgehead atoms. The summed E-state index contributed by atoms with van der Waals surface area (Å²) in [5, 5.41) is 7.24. The van der Waals surface area contributed by atoms with Crippen LogP contribution in [0.15, 0.2) is 29.3 Å². The molecule has 2 rings (SSSR count). The van der Waals surface area contributed by atoms with Gasteiger partial charge in [0.25, 0.3) is 15.9 Å². The predicted molar refractivity (Wildman–Crippen MR) is 71.8 cm³/mol. The van der Waals surface area contributed by atoms with Gasteiger partial charge in [0.1, 0.15) is 10.6 Å². The zero-order valence-electron chi connectivity index (χ0n) is 10.2. The minimum Gasteiger partial charge on any atom is -0.364 e. The third kappa shape index (κ3) is 2.89. The Bertz CT molecular complexity index is 754. The van der Waals surface area contributed by atoms with E-state index in [9.17, 15) is 13.2 Å². The zero-order chi connectivity index (χ0) is 14.9. The lowest BCUT2D eigenvalue weighted by molar-refractivity contribution is 0.0992. The molecule has 0 saturated carbocycles. The summed E-state index contributed by atoms with van der Waals surface area (Å²) in [7, 11) is -2.37. The number of halogens is 1. The van der Waals surface area contributed by atoms with Crippen molar-refractivity contribution in [3.05, 3.63) is 35.2 Å². The van der Waals surface area contributed by atoms with Crippen LogP contribution in [-0.4, -0.2) is 29.1 Å². The minimum absolute atomic E-state index is 0.0129. The van der Waals surface area contributed by atoms with Crippen molar-refractivity contribution >= 4 is 33.3 Å². The van der Waals surface area contributed by atoms with Gasteiger partial charge in [-0.05, 0) is 18.2 Å². The maximum atomic E-state index is 12.1. The van der Waals surface area contributed by atoms with E-state index in [1.54, 1.807) is 0 Å². The van der Waals surface area contributed by atoms with Crippen LogP contribution in [0, 0.1) is 0 Å². The quantitative estimate of drug-likeness (QED) is 0.844. The molecule has 106 valence electrons. The molecular weight excluding hydrogens is 306 g/mol. The number of aromatic nitrogens is 3. The van der Waals surface area contributed by atoms with Gasteiger partial charge in [0, 0.05) is 13.2 Å². The van der Waals surface area contributed by atoms with E-state index in [0.717, 1.165) is 0 Å². The topological polar surface area (TPSA) is 120 Å². The summed E-state index contributed by atoms with van der Waals surface area (Å²) < 4.78 is 27.7. The summed E-state index contributed by atoms with van der Waals surface area (Å²) in [6.07, 6.45) is 1.27. The number of sulfonamides is 1. The largest absolute Gasteiger partial charge is 0.364 e. The van der Waals surface area contributed by atoms with Crippen LogP contribution >= 0.6 is 11.6 Å². The molecular formula is C10H10ClN5O3S. The molecule has 0 aliphatic carbocycles. The second-order valence-corrected chi connectivity index (χ2v) is 5.95. The van der Waals surface area contributed by atoms with Gasteiger partial charge in [-0.2, -0.15) is 0 Å². The predicted octanol–water partition coefficient (Wildman–Crippen LogP) is 0.368. The molecule has 0 aliphatic rings. The summed E-state index contributed by atoms with van der Waals surface area (Å²) in [5.41, 5.74) is 5.20. The van der Waals surface area contributed by atoms with Crippen molar-refractivity contribution in [1.82, 2.24) is 14.8 Å².